The maximum atomic E-state index is 11.9. The summed E-state index contributed by atoms with van der Waals surface area (Å²) in [6, 6.07) is 12.4. The van der Waals surface area contributed by atoms with E-state index in [9.17, 15) is 9.59 Å². The van der Waals surface area contributed by atoms with Crippen LogP contribution in [0, 0.1) is 0 Å². The Morgan fingerprint density at radius 3 is 2.55 bits per heavy atom. The van der Waals surface area contributed by atoms with E-state index in [0.717, 1.165) is 0 Å². The predicted molar refractivity (Wildman–Crippen MR) is 87.5 cm³/mol. The smallest absolute Gasteiger partial charge is 0.234 e. The van der Waals surface area contributed by atoms with Crippen LogP contribution in [0.1, 0.15) is 10.4 Å². The molecule has 0 radical (unpaired) electrons. The first-order valence-corrected chi connectivity index (χ1v) is 7.80. The van der Waals surface area contributed by atoms with E-state index >= 15 is 0 Å². The number of methoxy groups -OCH3 is 1. The first-order valence-electron chi connectivity index (χ1n) is 6.65. The number of benzene rings is 1. The number of rotatable bonds is 7. The summed E-state index contributed by atoms with van der Waals surface area (Å²) in [5.41, 5.74) is 1.26. The Morgan fingerprint density at radius 2 is 1.91 bits per heavy atom. The molecule has 114 valence electrons. The zero-order chi connectivity index (χ0) is 15.8. The molecule has 1 aromatic heterocycles. The Morgan fingerprint density at radius 1 is 1.14 bits per heavy atom. The van der Waals surface area contributed by atoms with E-state index in [2.05, 4.69) is 10.3 Å². The maximum absolute atomic E-state index is 11.9. The number of thioether (sulfide) groups is 1. The van der Waals surface area contributed by atoms with Crippen LogP contribution in [0.15, 0.2) is 48.7 Å². The number of hydrogen-bond donors (Lipinski definition) is 1. The van der Waals surface area contributed by atoms with Crippen LogP contribution >= 0.6 is 11.8 Å². The highest BCUT2D eigenvalue weighted by molar-refractivity contribution is 8.00. The van der Waals surface area contributed by atoms with E-state index in [-0.39, 0.29) is 23.2 Å². The standard InChI is InChI=1S/C16H16N2O3S/c1-21-16-8-7-13(9-17-16)18-15(20)11-22-10-14(19)12-5-3-2-4-6-12/h2-9H,10-11H2,1H3,(H,18,20). The lowest BCUT2D eigenvalue weighted by Gasteiger charge is -2.05. The molecule has 5 nitrogen and oxygen atoms in total. The molecule has 0 fully saturated rings. The summed E-state index contributed by atoms with van der Waals surface area (Å²) in [5, 5.41) is 2.72. The van der Waals surface area contributed by atoms with Crippen molar-refractivity contribution in [1.29, 1.82) is 0 Å². The summed E-state index contributed by atoms with van der Waals surface area (Å²) in [7, 11) is 1.53. The van der Waals surface area contributed by atoms with Crippen molar-refractivity contribution in [2.45, 2.75) is 0 Å². The number of amides is 1. The van der Waals surface area contributed by atoms with Gasteiger partial charge in [0.05, 0.1) is 30.5 Å². The number of nitrogens with one attached hydrogen (secondary N) is 1. The average Bonchev–Trinajstić information content (AvgIpc) is 2.56. The average molecular weight is 316 g/mol. The number of ketones is 1. The van der Waals surface area contributed by atoms with Crippen molar-refractivity contribution >= 4 is 29.1 Å². The van der Waals surface area contributed by atoms with E-state index < -0.39 is 0 Å². The Bertz CT molecular complexity index is 630. The highest BCUT2D eigenvalue weighted by Crippen LogP contribution is 2.12. The summed E-state index contributed by atoms with van der Waals surface area (Å²) < 4.78 is 4.94. The number of ether oxygens (including phenoxy) is 1. The lowest BCUT2D eigenvalue weighted by molar-refractivity contribution is -0.113. The van der Waals surface area contributed by atoms with Gasteiger partial charge < -0.3 is 10.1 Å². The van der Waals surface area contributed by atoms with E-state index in [1.54, 1.807) is 24.3 Å². The predicted octanol–water partition coefficient (Wildman–Crippen LogP) is 2.64. The van der Waals surface area contributed by atoms with Crippen LogP contribution in [-0.2, 0) is 4.79 Å². The SMILES string of the molecule is COc1ccc(NC(=O)CSCC(=O)c2ccccc2)cn1. The van der Waals surface area contributed by atoms with Gasteiger partial charge in [0.15, 0.2) is 5.78 Å². The number of nitrogens with zero attached hydrogens (tertiary/aromatic N) is 1. The molecule has 0 aliphatic heterocycles. The number of carbonyl (C=O) groups excluding carboxylic acids is 2. The molecule has 1 N–H and O–H groups in total. The van der Waals surface area contributed by atoms with Crippen molar-refractivity contribution < 1.29 is 14.3 Å². The van der Waals surface area contributed by atoms with E-state index in [4.69, 9.17) is 4.74 Å². The van der Waals surface area contributed by atoms with Crippen molar-refractivity contribution in [2.75, 3.05) is 23.9 Å². The molecule has 0 bridgehead atoms. The van der Waals surface area contributed by atoms with Gasteiger partial charge in [0.25, 0.3) is 0 Å². The minimum Gasteiger partial charge on any atom is -0.481 e. The quantitative estimate of drug-likeness (QED) is 0.795. The van der Waals surface area contributed by atoms with Crippen LogP contribution in [0.3, 0.4) is 0 Å². The van der Waals surface area contributed by atoms with Gasteiger partial charge in [-0.3, -0.25) is 9.59 Å². The number of anilines is 1. The van der Waals surface area contributed by atoms with Crippen molar-refractivity contribution in [1.82, 2.24) is 4.98 Å². The molecule has 2 rings (SSSR count). The summed E-state index contributed by atoms with van der Waals surface area (Å²) in [6.07, 6.45) is 1.52. The number of Topliss-reactive ketones (excluding diaryl/α,β-unsaturated/α-hetero) is 1. The Kier molecular flexibility index (Phi) is 5.97. The number of hydrogen-bond acceptors (Lipinski definition) is 5. The zero-order valence-corrected chi connectivity index (χ0v) is 12.9. The molecular formula is C16H16N2O3S. The Labute approximate surface area is 133 Å². The van der Waals surface area contributed by atoms with Gasteiger partial charge in [0, 0.05) is 11.6 Å². The number of pyridine rings is 1. The van der Waals surface area contributed by atoms with Gasteiger partial charge in [-0.1, -0.05) is 30.3 Å². The normalized spacial score (nSPS) is 10.0. The second-order valence-corrected chi connectivity index (χ2v) is 5.41. The third-order valence-corrected chi connectivity index (χ3v) is 3.72. The molecule has 6 heteroatoms. The van der Waals surface area contributed by atoms with Crippen LogP contribution < -0.4 is 10.1 Å². The van der Waals surface area contributed by atoms with Gasteiger partial charge in [-0.15, -0.1) is 11.8 Å². The third-order valence-electron chi connectivity index (χ3n) is 2.79. The molecule has 0 saturated carbocycles. The molecule has 0 aliphatic rings. The molecule has 1 heterocycles. The first-order chi connectivity index (χ1) is 10.7. The third kappa shape index (κ3) is 4.89. The number of carbonyl (C=O) groups is 2. The Hall–Kier alpha value is -2.34. The fraction of sp³-hybridized carbons (Fsp3) is 0.188. The summed E-state index contributed by atoms with van der Waals surface area (Å²) in [6.45, 7) is 0. The zero-order valence-electron chi connectivity index (χ0n) is 12.1. The van der Waals surface area contributed by atoms with Crippen molar-refractivity contribution in [3.8, 4) is 5.88 Å². The van der Waals surface area contributed by atoms with Crippen LogP contribution in [0.25, 0.3) is 0 Å². The second kappa shape index (κ2) is 8.19. The molecular weight excluding hydrogens is 300 g/mol. The Balaban J connectivity index is 1.74. The number of aromatic nitrogens is 1. The first kappa shape index (κ1) is 16.0. The van der Waals surface area contributed by atoms with Gasteiger partial charge in [-0.05, 0) is 6.07 Å². The largest absolute Gasteiger partial charge is 0.481 e. The van der Waals surface area contributed by atoms with Gasteiger partial charge in [-0.2, -0.15) is 0 Å². The summed E-state index contributed by atoms with van der Waals surface area (Å²) >= 11 is 1.28. The van der Waals surface area contributed by atoms with Gasteiger partial charge in [0.2, 0.25) is 11.8 Å². The molecule has 1 aromatic carbocycles. The molecule has 22 heavy (non-hydrogen) atoms. The van der Waals surface area contributed by atoms with Gasteiger partial charge in [0.1, 0.15) is 0 Å². The molecule has 0 spiro atoms. The monoisotopic (exact) mass is 316 g/mol. The van der Waals surface area contributed by atoms with Crippen molar-refractivity contribution in [3.63, 3.8) is 0 Å². The summed E-state index contributed by atoms with van der Waals surface area (Å²) in [4.78, 5) is 27.7. The topological polar surface area (TPSA) is 68.3 Å². The minimum absolute atomic E-state index is 0.0181. The fourth-order valence-electron chi connectivity index (χ4n) is 1.72. The van der Waals surface area contributed by atoms with Crippen molar-refractivity contribution in [3.05, 3.63) is 54.2 Å². The van der Waals surface area contributed by atoms with Crippen LogP contribution in [-0.4, -0.2) is 35.3 Å². The molecule has 0 aliphatic carbocycles. The lowest BCUT2D eigenvalue weighted by atomic mass is 10.2. The van der Waals surface area contributed by atoms with E-state index in [0.29, 0.717) is 17.1 Å². The second-order valence-electron chi connectivity index (χ2n) is 4.42. The van der Waals surface area contributed by atoms with E-state index in [1.165, 1.54) is 25.1 Å². The van der Waals surface area contributed by atoms with Gasteiger partial charge in [-0.25, -0.2) is 4.98 Å². The maximum Gasteiger partial charge on any atom is 0.234 e. The molecule has 0 atom stereocenters. The molecule has 1 amide bonds. The summed E-state index contributed by atoms with van der Waals surface area (Å²) in [5.74, 6) is 0.825. The van der Waals surface area contributed by atoms with Gasteiger partial charge >= 0.3 is 0 Å². The molecule has 0 unspecified atom stereocenters. The highest BCUT2D eigenvalue weighted by Gasteiger charge is 2.08. The molecule has 2 aromatic rings. The van der Waals surface area contributed by atoms with Crippen LogP contribution in [0.5, 0.6) is 5.88 Å². The van der Waals surface area contributed by atoms with E-state index in [1.807, 2.05) is 18.2 Å². The van der Waals surface area contributed by atoms with Crippen LogP contribution in [0.2, 0.25) is 0 Å². The highest BCUT2D eigenvalue weighted by atomic mass is 32.2. The minimum atomic E-state index is -0.169. The van der Waals surface area contributed by atoms with Crippen LogP contribution in [0.4, 0.5) is 5.69 Å². The van der Waals surface area contributed by atoms with Crippen molar-refractivity contribution in [2.24, 2.45) is 0 Å². The molecule has 0 saturated heterocycles. The lowest BCUT2D eigenvalue weighted by Crippen LogP contribution is -2.15. The fourth-order valence-corrected chi connectivity index (χ4v) is 2.43.